The molecule has 0 saturated carbocycles. The Kier molecular flexibility index (Phi) is 2.83. The Balaban J connectivity index is 2.28. The molecule has 2 rings (SSSR count). The molecule has 1 fully saturated rings. The summed E-state index contributed by atoms with van der Waals surface area (Å²) >= 11 is 4.82. The number of amides is 1. The monoisotopic (exact) mass is 271 g/mol. The van der Waals surface area contributed by atoms with Gasteiger partial charge >= 0.3 is 0 Å². The van der Waals surface area contributed by atoms with Crippen molar-refractivity contribution in [3.8, 4) is 0 Å². The molecule has 0 spiro atoms. The highest BCUT2D eigenvalue weighted by molar-refractivity contribution is 9.10. The van der Waals surface area contributed by atoms with Crippen LogP contribution in [0.1, 0.15) is 11.6 Å². The summed E-state index contributed by atoms with van der Waals surface area (Å²) in [4.78, 5) is 13.1. The van der Waals surface area contributed by atoms with Gasteiger partial charge < -0.3 is 4.90 Å². The third kappa shape index (κ3) is 1.81. The van der Waals surface area contributed by atoms with Crippen LogP contribution in [0.5, 0.6) is 0 Å². The van der Waals surface area contributed by atoms with Gasteiger partial charge in [0.2, 0.25) is 0 Å². The Labute approximate surface area is 95.8 Å². The normalized spacial score (nSPS) is 21.7. The summed E-state index contributed by atoms with van der Waals surface area (Å²) in [6.45, 7) is 0. The highest BCUT2D eigenvalue weighted by Gasteiger charge is 2.29. The van der Waals surface area contributed by atoms with Crippen molar-refractivity contribution in [3.63, 3.8) is 0 Å². The first kappa shape index (κ1) is 10.1. The van der Waals surface area contributed by atoms with E-state index >= 15 is 0 Å². The molecule has 74 valence electrons. The van der Waals surface area contributed by atoms with Gasteiger partial charge in [0.25, 0.3) is 5.24 Å². The number of hydrogen-bond donors (Lipinski definition) is 0. The predicted octanol–water partition coefficient (Wildman–Crippen LogP) is 3.29. The third-order valence-electron chi connectivity index (χ3n) is 2.35. The minimum atomic E-state index is 0.162. The van der Waals surface area contributed by atoms with Crippen molar-refractivity contribution in [2.75, 3.05) is 12.8 Å². The first-order valence-corrected chi connectivity index (χ1v) is 6.11. The molecule has 1 amide bonds. The SMILES string of the molecule is CN1C(=O)SCC1c1cccc(Br)c1. The van der Waals surface area contributed by atoms with Crippen LogP contribution in [0.4, 0.5) is 4.79 Å². The van der Waals surface area contributed by atoms with Crippen LogP contribution >= 0.6 is 27.7 Å². The van der Waals surface area contributed by atoms with Gasteiger partial charge in [-0.05, 0) is 17.7 Å². The number of thioether (sulfide) groups is 1. The van der Waals surface area contributed by atoms with Crippen molar-refractivity contribution in [2.45, 2.75) is 6.04 Å². The van der Waals surface area contributed by atoms with Gasteiger partial charge in [0.15, 0.2) is 0 Å². The predicted molar refractivity (Wildman–Crippen MR) is 62.5 cm³/mol. The Bertz CT molecular complexity index is 369. The molecule has 4 heteroatoms. The fourth-order valence-corrected chi connectivity index (χ4v) is 2.99. The molecule has 1 saturated heterocycles. The minimum Gasteiger partial charge on any atom is -0.329 e. The lowest BCUT2D eigenvalue weighted by Gasteiger charge is -2.18. The summed E-state index contributed by atoms with van der Waals surface area (Å²) in [6.07, 6.45) is 0. The molecule has 1 aliphatic rings. The van der Waals surface area contributed by atoms with E-state index in [0.29, 0.717) is 0 Å². The van der Waals surface area contributed by atoms with Crippen molar-refractivity contribution in [1.29, 1.82) is 0 Å². The fourth-order valence-electron chi connectivity index (χ4n) is 1.52. The Morgan fingerprint density at radius 2 is 2.36 bits per heavy atom. The molecule has 0 bridgehead atoms. The summed E-state index contributed by atoms with van der Waals surface area (Å²) < 4.78 is 1.06. The lowest BCUT2D eigenvalue weighted by atomic mass is 10.1. The number of benzene rings is 1. The molecule has 14 heavy (non-hydrogen) atoms. The highest BCUT2D eigenvalue weighted by Crippen LogP contribution is 2.34. The second kappa shape index (κ2) is 3.95. The topological polar surface area (TPSA) is 20.3 Å². The lowest BCUT2D eigenvalue weighted by molar-refractivity contribution is 0.226. The third-order valence-corrected chi connectivity index (χ3v) is 3.86. The van der Waals surface area contributed by atoms with Crippen molar-refractivity contribution in [3.05, 3.63) is 34.3 Å². The van der Waals surface area contributed by atoms with Crippen molar-refractivity contribution < 1.29 is 4.79 Å². The first-order chi connectivity index (χ1) is 6.68. The van der Waals surface area contributed by atoms with E-state index in [1.807, 2.05) is 19.2 Å². The van der Waals surface area contributed by atoms with E-state index in [0.717, 1.165) is 10.2 Å². The molecule has 1 unspecified atom stereocenters. The maximum atomic E-state index is 11.3. The van der Waals surface area contributed by atoms with Gasteiger partial charge in [-0.1, -0.05) is 39.8 Å². The molecule has 0 N–H and O–H groups in total. The summed E-state index contributed by atoms with van der Waals surface area (Å²) in [5.41, 5.74) is 1.19. The van der Waals surface area contributed by atoms with E-state index in [9.17, 15) is 4.79 Å². The zero-order chi connectivity index (χ0) is 10.1. The van der Waals surface area contributed by atoms with Gasteiger partial charge in [-0.15, -0.1) is 0 Å². The Hall–Kier alpha value is -0.480. The number of carbonyl (C=O) groups excluding carboxylic acids is 1. The van der Waals surface area contributed by atoms with Gasteiger partial charge in [-0.3, -0.25) is 4.79 Å². The molecule has 1 aromatic rings. The molecule has 0 aliphatic carbocycles. The molecular formula is C10H10BrNOS. The summed E-state index contributed by atoms with van der Waals surface area (Å²) in [6, 6.07) is 8.35. The van der Waals surface area contributed by atoms with Gasteiger partial charge in [0, 0.05) is 17.3 Å². The quantitative estimate of drug-likeness (QED) is 0.781. The zero-order valence-electron chi connectivity index (χ0n) is 7.74. The van der Waals surface area contributed by atoms with Crippen LogP contribution < -0.4 is 0 Å². The highest BCUT2D eigenvalue weighted by atomic mass is 79.9. The van der Waals surface area contributed by atoms with E-state index in [2.05, 4.69) is 28.1 Å². The van der Waals surface area contributed by atoms with E-state index in [1.54, 1.807) is 4.90 Å². The van der Waals surface area contributed by atoms with Crippen LogP contribution in [-0.4, -0.2) is 22.9 Å². The smallest absolute Gasteiger partial charge is 0.282 e. The van der Waals surface area contributed by atoms with Crippen LogP contribution in [0.2, 0.25) is 0 Å². The number of hydrogen-bond acceptors (Lipinski definition) is 2. The summed E-state index contributed by atoms with van der Waals surface area (Å²) in [5, 5.41) is 0.162. The number of carbonyl (C=O) groups is 1. The van der Waals surface area contributed by atoms with Crippen molar-refractivity contribution in [1.82, 2.24) is 4.90 Å². The van der Waals surface area contributed by atoms with E-state index in [-0.39, 0.29) is 11.3 Å². The van der Waals surface area contributed by atoms with Crippen LogP contribution in [0.25, 0.3) is 0 Å². The molecule has 0 aromatic heterocycles. The molecule has 1 heterocycles. The molecular weight excluding hydrogens is 262 g/mol. The van der Waals surface area contributed by atoms with Gasteiger partial charge in [-0.25, -0.2) is 0 Å². The van der Waals surface area contributed by atoms with Gasteiger partial charge in [0.1, 0.15) is 0 Å². The van der Waals surface area contributed by atoms with E-state index < -0.39 is 0 Å². The molecule has 1 atom stereocenters. The standard InChI is InChI=1S/C10H10BrNOS/c1-12-9(6-14-10(12)13)7-3-2-4-8(11)5-7/h2-5,9H,6H2,1H3. The van der Waals surface area contributed by atoms with Crippen molar-refractivity contribution in [2.24, 2.45) is 0 Å². The molecule has 2 nitrogen and oxygen atoms in total. The zero-order valence-corrected chi connectivity index (χ0v) is 10.1. The fraction of sp³-hybridized carbons (Fsp3) is 0.300. The molecule has 1 aliphatic heterocycles. The van der Waals surface area contributed by atoms with Crippen LogP contribution in [0, 0.1) is 0 Å². The maximum Gasteiger partial charge on any atom is 0.282 e. The van der Waals surface area contributed by atoms with Gasteiger partial charge in [-0.2, -0.15) is 0 Å². The lowest BCUT2D eigenvalue weighted by Crippen LogP contribution is -2.21. The second-order valence-corrected chi connectivity index (χ2v) is 5.15. The summed E-state index contributed by atoms with van der Waals surface area (Å²) in [7, 11) is 1.86. The average Bonchev–Trinajstić information content (AvgIpc) is 2.48. The average molecular weight is 272 g/mol. The number of nitrogens with zero attached hydrogens (tertiary/aromatic N) is 1. The largest absolute Gasteiger partial charge is 0.329 e. The number of halogens is 1. The van der Waals surface area contributed by atoms with E-state index in [4.69, 9.17) is 0 Å². The van der Waals surface area contributed by atoms with Crippen LogP contribution in [0.15, 0.2) is 28.7 Å². The van der Waals surface area contributed by atoms with Crippen LogP contribution in [0.3, 0.4) is 0 Å². The Morgan fingerprint density at radius 1 is 1.57 bits per heavy atom. The minimum absolute atomic E-state index is 0.162. The first-order valence-electron chi connectivity index (χ1n) is 4.33. The number of rotatable bonds is 1. The molecule has 0 radical (unpaired) electrons. The van der Waals surface area contributed by atoms with Crippen molar-refractivity contribution >= 4 is 32.9 Å². The second-order valence-electron chi connectivity index (χ2n) is 3.26. The Morgan fingerprint density at radius 3 is 2.93 bits per heavy atom. The van der Waals surface area contributed by atoms with Crippen LogP contribution in [-0.2, 0) is 0 Å². The van der Waals surface area contributed by atoms with Gasteiger partial charge in [0.05, 0.1) is 6.04 Å². The maximum absolute atomic E-state index is 11.3. The van der Waals surface area contributed by atoms with E-state index in [1.165, 1.54) is 17.3 Å². The summed E-state index contributed by atoms with van der Waals surface area (Å²) in [5.74, 6) is 0.853. The molecule has 1 aromatic carbocycles.